The highest BCUT2D eigenvalue weighted by Crippen LogP contribution is 2.39. The van der Waals surface area contributed by atoms with E-state index in [4.69, 9.17) is 38.4 Å². The molecule has 0 aromatic heterocycles. The van der Waals surface area contributed by atoms with E-state index >= 15 is 0 Å². The zero-order valence-electron chi connectivity index (χ0n) is 19.7. The molecular formula is C27H27Cl2F2NO4. The van der Waals surface area contributed by atoms with Crippen LogP contribution < -0.4 is 15.2 Å². The monoisotopic (exact) mass is 537 g/mol. The minimum absolute atomic E-state index is 0.0891. The Labute approximate surface area is 219 Å². The lowest BCUT2D eigenvalue weighted by Gasteiger charge is -2.22. The van der Waals surface area contributed by atoms with Crippen LogP contribution in [-0.2, 0) is 4.74 Å². The van der Waals surface area contributed by atoms with E-state index in [9.17, 15) is 13.6 Å². The van der Waals surface area contributed by atoms with E-state index in [1.165, 1.54) is 24.3 Å². The number of allylic oxidation sites excluding steroid dienone is 4. The summed E-state index contributed by atoms with van der Waals surface area (Å²) in [6, 6.07) is 10.7. The van der Waals surface area contributed by atoms with Crippen molar-refractivity contribution < 1.29 is 27.8 Å². The number of nitrogen functional groups attached to an aromatic ring is 1. The van der Waals surface area contributed by atoms with Crippen LogP contribution in [0, 0.1) is 5.92 Å². The third-order valence-corrected chi connectivity index (χ3v) is 6.35. The van der Waals surface area contributed by atoms with Gasteiger partial charge in [0.05, 0.1) is 12.2 Å². The molecule has 0 spiro atoms. The maximum absolute atomic E-state index is 13.0. The van der Waals surface area contributed by atoms with E-state index in [0.29, 0.717) is 34.4 Å². The Hall–Kier alpha value is -3.03. The molecule has 1 saturated carbocycles. The highest BCUT2D eigenvalue weighted by Gasteiger charge is 2.26. The molecule has 0 saturated heterocycles. The number of benzene rings is 2. The standard InChI is InChI=1S/C27H27Cl2F2NO4/c1-3-21(28)20(22(29)4-2)14-24(35-26(33)17-7-10-19(32)11-8-17)18-9-12-23(36-27(30)31)25(13-18)34-15-16-5-6-16/h3-4,7-13,16,24,27H,1,5-6,14-15,32H2,2H3/b21-20+,22-4+/t24-/m0/s1. The number of rotatable bonds is 12. The van der Waals surface area contributed by atoms with Gasteiger partial charge in [0.1, 0.15) is 6.10 Å². The number of anilines is 1. The van der Waals surface area contributed by atoms with Gasteiger partial charge >= 0.3 is 12.6 Å². The van der Waals surface area contributed by atoms with Crippen LogP contribution in [0.3, 0.4) is 0 Å². The molecule has 1 aliphatic carbocycles. The molecule has 0 amide bonds. The van der Waals surface area contributed by atoms with E-state index in [-0.39, 0.29) is 28.5 Å². The molecule has 0 bridgehead atoms. The molecule has 36 heavy (non-hydrogen) atoms. The molecule has 0 unspecified atom stereocenters. The number of nitrogens with two attached hydrogens (primary N) is 1. The normalized spacial score (nSPS) is 15.2. The van der Waals surface area contributed by atoms with Gasteiger partial charge in [-0.15, -0.1) is 0 Å². The predicted octanol–water partition coefficient (Wildman–Crippen LogP) is 7.77. The lowest BCUT2D eigenvalue weighted by atomic mass is 9.99. The largest absolute Gasteiger partial charge is 0.489 e. The van der Waals surface area contributed by atoms with E-state index in [0.717, 1.165) is 12.8 Å². The Morgan fingerprint density at radius 3 is 2.44 bits per heavy atom. The van der Waals surface area contributed by atoms with Crippen LogP contribution in [-0.4, -0.2) is 19.2 Å². The zero-order valence-corrected chi connectivity index (χ0v) is 21.2. The number of esters is 1. The second-order valence-electron chi connectivity index (χ2n) is 8.23. The number of halogens is 4. The van der Waals surface area contributed by atoms with E-state index in [1.807, 2.05) is 0 Å². The number of hydrogen-bond acceptors (Lipinski definition) is 5. The van der Waals surface area contributed by atoms with E-state index < -0.39 is 18.7 Å². The molecule has 0 aliphatic heterocycles. The van der Waals surface area contributed by atoms with Gasteiger partial charge in [0.15, 0.2) is 11.5 Å². The highest BCUT2D eigenvalue weighted by atomic mass is 35.5. The topological polar surface area (TPSA) is 70.8 Å². The van der Waals surface area contributed by atoms with Gasteiger partial charge in [-0.05, 0) is 73.2 Å². The Morgan fingerprint density at radius 2 is 1.86 bits per heavy atom. The van der Waals surface area contributed by atoms with Crippen LogP contribution in [0.1, 0.15) is 48.2 Å². The number of hydrogen-bond donors (Lipinski definition) is 1. The summed E-state index contributed by atoms with van der Waals surface area (Å²) < 4.78 is 42.2. The van der Waals surface area contributed by atoms with Crippen molar-refractivity contribution >= 4 is 34.9 Å². The lowest BCUT2D eigenvalue weighted by Crippen LogP contribution is -2.14. The van der Waals surface area contributed by atoms with Crippen molar-refractivity contribution in [3.63, 3.8) is 0 Å². The van der Waals surface area contributed by atoms with Crippen LogP contribution in [0.4, 0.5) is 14.5 Å². The average Bonchev–Trinajstić information content (AvgIpc) is 3.69. The summed E-state index contributed by atoms with van der Waals surface area (Å²) >= 11 is 12.8. The number of alkyl halides is 2. The van der Waals surface area contributed by atoms with Crippen LogP contribution in [0.5, 0.6) is 11.5 Å². The van der Waals surface area contributed by atoms with Crippen molar-refractivity contribution in [3.8, 4) is 11.5 Å². The molecular weight excluding hydrogens is 511 g/mol. The molecule has 0 heterocycles. The minimum atomic E-state index is -3.02. The third-order valence-electron chi connectivity index (χ3n) is 5.52. The Morgan fingerprint density at radius 1 is 1.17 bits per heavy atom. The molecule has 2 aromatic rings. The summed E-state index contributed by atoms with van der Waals surface area (Å²) in [4.78, 5) is 13.0. The molecule has 0 radical (unpaired) electrons. The quantitative estimate of drug-likeness (QED) is 0.170. The molecule has 1 atom stereocenters. The molecule has 2 aromatic carbocycles. The Bertz CT molecular complexity index is 1140. The second kappa shape index (κ2) is 12.8. The first-order valence-electron chi connectivity index (χ1n) is 11.3. The van der Waals surface area contributed by atoms with Gasteiger partial charge in [0, 0.05) is 22.2 Å². The lowest BCUT2D eigenvalue weighted by molar-refractivity contribution is -0.0515. The van der Waals surface area contributed by atoms with Crippen molar-refractivity contribution in [1.29, 1.82) is 0 Å². The SMILES string of the molecule is C=C/C(Cl)=C(C[C@H](OC(=O)c1ccc(N)cc1)c1ccc(OC(F)F)c(OCC2CC2)c1)\C(Cl)=C/C. The first-order chi connectivity index (χ1) is 17.2. The van der Waals surface area contributed by atoms with Gasteiger partial charge in [-0.2, -0.15) is 8.78 Å². The van der Waals surface area contributed by atoms with Gasteiger partial charge < -0.3 is 19.9 Å². The fraction of sp³-hybridized carbons (Fsp3) is 0.296. The average molecular weight is 538 g/mol. The molecule has 1 fully saturated rings. The summed E-state index contributed by atoms with van der Waals surface area (Å²) in [5.74, 6) is -0.212. The highest BCUT2D eigenvalue weighted by molar-refractivity contribution is 6.36. The van der Waals surface area contributed by atoms with Crippen molar-refractivity contribution in [3.05, 3.63) is 88.0 Å². The summed E-state index contributed by atoms with van der Waals surface area (Å²) in [6.07, 6.45) is 4.32. The molecule has 9 heteroatoms. The van der Waals surface area contributed by atoms with Gasteiger partial charge in [0.25, 0.3) is 0 Å². The predicted molar refractivity (Wildman–Crippen MR) is 138 cm³/mol. The van der Waals surface area contributed by atoms with Crippen LogP contribution >= 0.6 is 23.2 Å². The number of ether oxygens (including phenoxy) is 3. The molecule has 1 aliphatic rings. The summed E-state index contributed by atoms with van der Waals surface area (Å²) in [5.41, 5.74) is 7.49. The zero-order chi connectivity index (χ0) is 26.2. The third kappa shape index (κ3) is 7.73. The minimum Gasteiger partial charge on any atom is -0.489 e. The molecule has 2 N–H and O–H groups in total. The maximum atomic E-state index is 13.0. The van der Waals surface area contributed by atoms with Crippen LogP contribution in [0.25, 0.3) is 0 Å². The van der Waals surface area contributed by atoms with Crippen molar-refractivity contribution in [2.75, 3.05) is 12.3 Å². The summed E-state index contributed by atoms with van der Waals surface area (Å²) in [6.45, 7) is 2.78. The molecule has 5 nitrogen and oxygen atoms in total. The Kier molecular flexibility index (Phi) is 9.79. The summed E-state index contributed by atoms with van der Waals surface area (Å²) in [5, 5.41) is 0.644. The van der Waals surface area contributed by atoms with Gasteiger partial charge in [0.2, 0.25) is 0 Å². The first-order valence-corrected chi connectivity index (χ1v) is 12.1. The van der Waals surface area contributed by atoms with Crippen molar-refractivity contribution in [1.82, 2.24) is 0 Å². The van der Waals surface area contributed by atoms with E-state index in [1.54, 1.807) is 37.3 Å². The fourth-order valence-electron chi connectivity index (χ4n) is 3.36. The first kappa shape index (κ1) is 27.6. The fourth-order valence-corrected chi connectivity index (χ4v) is 3.77. The van der Waals surface area contributed by atoms with Gasteiger partial charge in [-0.3, -0.25) is 0 Å². The number of carbonyl (C=O) groups excluding carboxylic acids is 1. The van der Waals surface area contributed by atoms with E-state index in [2.05, 4.69) is 11.3 Å². The smallest absolute Gasteiger partial charge is 0.387 e. The van der Waals surface area contributed by atoms with Gasteiger partial charge in [-0.25, -0.2) is 4.79 Å². The molecule has 3 rings (SSSR count). The number of carbonyl (C=O) groups is 1. The van der Waals surface area contributed by atoms with Crippen molar-refractivity contribution in [2.45, 2.75) is 38.9 Å². The van der Waals surface area contributed by atoms with Crippen molar-refractivity contribution in [2.24, 2.45) is 5.92 Å². The Balaban J connectivity index is 2.00. The second-order valence-corrected chi connectivity index (χ2v) is 9.04. The summed E-state index contributed by atoms with van der Waals surface area (Å²) in [7, 11) is 0. The van der Waals surface area contributed by atoms with Crippen LogP contribution in [0.2, 0.25) is 0 Å². The molecule has 192 valence electrons. The van der Waals surface area contributed by atoms with Crippen LogP contribution in [0.15, 0.2) is 76.8 Å². The van der Waals surface area contributed by atoms with Gasteiger partial charge in [-0.1, -0.05) is 48.0 Å². The maximum Gasteiger partial charge on any atom is 0.387 e.